The molecular weight excluding hydrogens is 336 g/mol. The molecule has 1 N–H and O–H groups in total. The van der Waals surface area contributed by atoms with Gasteiger partial charge in [0.1, 0.15) is 5.82 Å². The van der Waals surface area contributed by atoms with E-state index in [1.165, 1.54) is 43.4 Å². The standard InChI is InChI=1S/C22H34N4O/c1-2-25-21-11-7-6-10-20(21)23-22(25)17-24-13-14-26(19(16-24)12-15-27)18-8-4-3-5-9-18/h6-7,10-11,18-19,27H,2-5,8-9,12-17H2,1H3. The second kappa shape index (κ2) is 8.72. The summed E-state index contributed by atoms with van der Waals surface area (Å²) < 4.78 is 2.35. The number of nitrogens with zero attached hydrogens (tertiary/aromatic N) is 4. The van der Waals surface area contributed by atoms with Crippen LogP contribution in [0, 0.1) is 0 Å². The summed E-state index contributed by atoms with van der Waals surface area (Å²) >= 11 is 0. The number of rotatable bonds is 6. The molecule has 0 amide bonds. The maximum Gasteiger partial charge on any atom is 0.124 e. The fourth-order valence-corrected chi connectivity index (χ4v) is 5.18. The summed E-state index contributed by atoms with van der Waals surface area (Å²) in [6.45, 7) is 7.63. The molecule has 0 radical (unpaired) electrons. The van der Waals surface area contributed by atoms with Crippen LogP contribution in [0.3, 0.4) is 0 Å². The van der Waals surface area contributed by atoms with E-state index in [1.54, 1.807) is 0 Å². The highest BCUT2D eigenvalue weighted by Gasteiger charge is 2.32. The fraction of sp³-hybridized carbons (Fsp3) is 0.682. The largest absolute Gasteiger partial charge is 0.396 e. The van der Waals surface area contributed by atoms with Gasteiger partial charge in [-0.3, -0.25) is 9.80 Å². The highest BCUT2D eigenvalue weighted by Crippen LogP contribution is 2.27. The van der Waals surface area contributed by atoms with Crippen LogP contribution in [0.4, 0.5) is 0 Å². The minimum atomic E-state index is 0.287. The molecule has 0 bridgehead atoms. The second-order valence-corrected chi connectivity index (χ2v) is 8.19. The van der Waals surface area contributed by atoms with Crippen molar-refractivity contribution in [2.24, 2.45) is 0 Å². The minimum Gasteiger partial charge on any atom is -0.396 e. The van der Waals surface area contributed by atoms with Crippen LogP contribution in [0.15, 0.2) is 24.3 Å². The Labute approximate surface area is 163 Å². The Kier molecular flexibility index (Phi) is 6.11. The first-order valence-electron chi connectivity index (χ1n) is 10.8. The number of benzene rings is 1. The van der Waals surface area contributed by atoms with E-state index in [4.69, 9.17) is 4.98 Å². The number of para-hydroxylation sites is 2. The molecule has 27 heavy (non-hydrogen) atoms. The third-order valence-corrected chi connectivity index (χ3v) is 6.53. The average Bonchev–Trinajstić information content (AvgIpc) is 3.06. The number of fused-ring (bicyclic) bond motifs is 1. The van der Waals surface area contributed by atoms with Crippen molar-refractivity contribution in [1.29, 1.82) is 0 Å². The molecule has 4 rings (SSSR count). The molecule has 2 fully saturated rings. The third-order valence-electron chi connectivity index (χ3n) is 6.53. The van der Waals surface area contributed by atoms with Crippen molar-refractivity contribution >= 4 is 11.0 Å². The first-order valence-corrected chi connectivity index (χ1v) is 10.8. The lowest BCUT2D eigenvalue weighted by Gasteiger charge is -2.46. The zero-order valence-electron chi connectivity index (χ0n) is 16.7. The molecule has 1 saturated carbocycles. The molecule has 1 unspecified atom stereocenters. The number of imidazole rings is 1. The van der Waals surface area contributed by atoms with Crippen molar-refractivity contribution in [3.63, 3.8) is 0 Å². The first-order chi connectivity index (χ1) is 13.3. The monoisotopic (exact) mass is 370 g/mol. The van der Waals surface area contributed by atoms with Crippen LogP contribution >= 0.6 is 0 Å². The molecule has 1 aliphatic heterocycles. The van der Waals surface area contributed by atoms with Crippen molar-refractivity contribution in [2.45, 2.75) is 70.6 Å². The van der Waals surface area contributed by atoms with Crippen molar-refractivity contribution in [3.8, 4) is 0 Å². The van der Waals surface area contributed by atoms with E-state index < -0.39 is 0 Å². The van der Waals surface area contributed by atoms with Crippen LogP contribution in [0.25, 0.3) is 11.0 Å². The number of hydrogen-bond donors (Lipinski definition) is 1. The molecule has 5 nitrogen and oxygen atoms in total. The lowest BCUT2D eigenvalue weighted by Crippen LogP contribution is -2.56. The Balaban J connectivity index is 1.47. The molecule has 1 saturated heterocycles. The van der Waals surface area contributed by atoms with Crippen LogP contribution in [0.1, 0.15) is 51.3 Å². The topological polar surface area (TPSA) is 44.5 Å². The number of aromatic nitrogens is 2. The van der Waals surface area contributed by atoms with Crippen LogP contribution in [-0.2, 0) is 13.1 Å². The van der Waals surface area contributed by atoms with Crippen molar-refractivity contribution in [3.05, 3.63) is 30.1 Å². The maximum atomic E-state index is 9.63. The van der Waals surface area contributed by atoms with Gasteiger partial charge in [0.05, 0.1) is 17.6 Å². The summed E-state index contributed by atoms with van der Waals surface area (Å²) in [6, 6.07) is 9.66. The Morgan fingerprint density at radius 3 is 2.70 bits per heavy atom. The van der Waals surface area contributed by atoms with E-state index in [9.17, 15) is 5.11 Å². The lowest BCUT2D eigenvalue weighted by molar-refractivity contribution is 0.0126. The van der Waals surface area contributed by atoms with Gasteiger partial charge in [0, 0.05) is 44.9 Å². The molecule has 0 spiro atoms. The molecule has 1 atom stereocenters. The minimum absolute atomic E-state index is 0.287. The van der Waals surface area contributed by atoms with Crippen molar-refractivity contribution in [2.75, 3.05) is 26.2 Å². The predicted octanol–water partition coefficient (Wildman–Crippen LogP) is 3.26. The quantitative estimate of drug-likeness (QED) is 0.848. The summed E-state index contributed by atoms with van der Waals surface area (Å²) in [5, 5.41) is 9.63. The van der Waals surface area contributed by atoms with Crippen LogP contribution < -0.4 is 0 Å². The molecule has 1 aromatic heterocycles. The summed E-state index contributed by atoms with van der Waals surface area (Å²) in [5.41, 5.74) is 2.34. The average molecular weight is 371 g/mol. The molecular formula is C22H34N4O. The van der Waals surface area contributed by atoms with E-state index >= 15 is 0 Å². The Morgan fingerprint density at radius 2 is 1.93 bits per heavy atom. The molecule has 148 valence electrons. The van der Waals surface area contributed by atoms with E-state index in [-0.39, 0.29) is 6.61 Å². The van der Waals surface area contributed by atoms with Crippen molar-refractivity contribution < 1.29 is 5.11 Å². The summed E-state index contributed by atoms with van der Waals surface area (Å²) in [5.74, 6) is 1.17. The molecule has 1 aliphatic carbocycles. The molecule has 2 aromatic rings. The Bertz CT molecular complexity index is 737. The van der Waals surface area contributed by atoms with Gasteiger partial charge in [-0.2, -0.15) is 0 Å². The van der Waals surface area contributed by atoms with Crippen LogP contribution in [-0.4, -0.2) is 62.8 Å². The number of aliphatic hydroxyl groups excluding tert-OH is 1. The number of aliphatic hydroxyl groups is 1. The lowest BCUT2D eigenvalue weighted by atomic mass is 9.92. The van der Waals surface area contributed by atoms with Gasteiger partial charge in [-0.05, 0) is 38.3 Å². The fourth-order valence-electron chi connectivity index (χ4n) is 5.18. The van der Waals surface area contributed by atoms with Gasteiger partial charge in [0.15, 0.2) is 0 Å². The zero-order chi connectivity index (χ0) is 18.6. The van der Waals surface area contributed by atoms with Gasteiger partial charge < -0.3 is 9.67 Å². The molecule has 2 heterocycles. The Hall–Kier alpha value is -1.43. The Morgan fingerprint density at radius 1 is 1.11 bits per heavy atom. The molecule has 1 aromatic carbocycles. The van der Waals surface area contributed by atoms with E-state index in [1.807, 2.05) is 0 Å². The van der Waals surface area contributed by atoms with Gasteiger partial charge in [0.25, 0.3) is 0 Å². The zero-order valence-corrected chi connectivity index (χ0v) is 16.7. The van der Waals surface area contributed by atoms with E-state index in [2.05, 4.69) is 45.6 Å². The van der Waals surface area contributed by atoms with E-state index in [0.29, 0.717) is 6.04 Å². The number of hydrogen-bond acceptors (Lipinski definition) is 4. The van der Waals surface area contributed by atoms with Gasteiger partial charge >= 0.3 is 0 Å². The predicted molar refractivity (Wildman–Crippen MR) is 110 cm³/mol. The molecule has 2 aliphatic rings. The van der Waals surface area contributed by atoms with Gasteiger partial charge in [-0.1, -0.05) is 31.4 Å². The first kappa shape index (κ1) is 18.9. The van der Waals surface area contributed by atoms with Gasteiger partial charge in [-0.25, -0.2) is 4.98 Å². The number of piperazine rings is 1. The van der Waals surface area contributed by atoms with Crippen LogP contribution in [0.5, 0.6) is 0 Å². The summed E-state index contributed by atoms with van der Waals surface area (Å²) in [6.07, 6.45) is 7.71. The summed E-state index contributed by atoms with van der Waals surface area (Å²) in [7, 11) is 0. The smallest absolute Gasteiger partial charge is 0.124 e. The normalized spacial score (nSPS) is 23.3. The third kappa shape index (κ3) is 4.05. The second-order valence-electron chi connectivity index (χ2n) is 8.19. The van der Waals surface area contributed by atoms with Crippen molar-refractivity contribution in [1.82, 2.24) is 19.4 Å². The SMILES string of the molecule is CCn1c(CN2CCN(C3CCCCC3)C(CCO)C2)nc2ccccc21. The maximum absolute atomic E-state index is 9.63. The van der Waals surface area contributed by atoms with Gasteiger partial charge in [0.2, 0.25) is 0 Å². The highest BCUT2D eigenvalue weighted by atomic mass is 16.3. The molecule has 5 heteroatoms. The number of aryl methyl sites for hydroxylation is 1. The van der Waals surface area contributed by atoms with E-state index in [0.717, 1.165) is 50.7 Å². The van der Waals surface area contributed by atoms with Crippen LogP contribution in [0.2, 0.25) is 0 Å². The highest BCUT2D eigenvalue weighted by molar-refractivity contribution is 5.75. The van der Waals surface area contributed by atoms with Gasteiger partial charge in [-0.15, -0.1) is 0 Å². The summed E-state index contributed by atoms with van der Waals surface area (Å²) in [4.78, 5) is 10.2.